The maximum Gasteiger partial charge on any atom is 0.183 e. The summed E-state index contributed by atoms with van der Waals surface area (Å²) in [6.07, 6.45) is 3.30. The number of nitrogens with one attached hydrogen (secondary N) is 1. The first-order valence-corrected chi connectivity index (χ1v) is 13.2. The lowest BCUT2D eigenvalue weighted by Crippen LogP contribution is -2.36. The number of piperidine rings is 1. The van der Waals surface area contributed by atoms with Gasteiger partial charge in [0.2, 0.25) is 0 Å². The second-order valence-corrected chi connectivity index (χ2v) is 10.1. The molecule has 1 aromatic heterocycles. The van der Waals surface area contributed by atoms with Crippen LogP contribution in [0.5, 0.6) is 0 Å². The van der Waals surface area contributed by atoms with Gasteiger partial charge in [0.15, 0.2) is 11.6 Å². The van der Waals surface area contributed by atoms with E-state index in [0.717, 1.165) is 22.5 Å². The summed E-state index contributed by atoms with van der Waals surface area (Å²) in [5.74, 6) is -0.474. The van der Waals surface area contributed by atoms with Crippen LogP contribution >= 0.6 is 0 Å². The Kier molecular flexibility index (Phi) is 7.89. The lowest BCUT2D eigenvalue weighted by Gasteiger charge is -2.31. The highest BCUT2D eigenvalue weighted by atomic mass is 19.1. The minimum atomic E-state index is -0.410. The molecule has 0 unspecified atom stereocenters. The van der Waals surface area contributed by atoms with E-state index in [2.05, 4.69) is 5.32 Å². The fourth-order valence-electron chi connectivity index (χ4n) is 4.94. The van der Waals surface area contributed by atoms with Gasteiger partial charge in [-0.25, -0.2) is 4.39 Å². The van der Waals surface area contributed by atoms with Gasteiger partial charge in [-0.15, -0.1) is 0 Å². The van der Waals surface area contributed by atoms with Crippen molar-refractivity contribution in [2.45, 2.75) is 31.8 Å². The molecule has 1 saturated heterocycles. The monoisotopic (exact) mass is 525 g/mol. The number of carbonyl (C=O) groups is 2. The smallest absolute Gasteiger partial charge is 0.183 e. The van der Waals surface area contributed by atoms with Gasteiger partial charge in [0.05, 0.1) is 17.5 Å². The van der Waals surface area contributed by atoms with Gasteiger partial charge in [0.25, 0.3) is 0 Å². The standard InChI is InChI=1S/C32H32FN3O3/c1-35-16-2-3-30(35)32(39)20-23-6-11-26(12-7-23)34-25-9-4-22(5-10-25)19-31(38)24-8-13-29(28(33)21-24)36-17-14-27(37)15-18-36/h2-13,16,21,27,34,37H,14-15,17-20H2,1H3. The van der Waals surface area contributed by atoms with E-state index in [1.807, 2.05) is 83.4 Å². The maximum atomic E-state index is 14.8. The minimum Gasteiger partial charge on any atom is -0.393 e. The summed E-state index contributed by atoms with van der Waals surface area (Å²) in [6.45, 7) is 1.20. The Labute approximate surface area is 227 Å². The predicted octanol–water partition coefficient (Wildman–Crippen LogP) is 5.72. The average molecular weight is 526 g/mol. The van der Waals surface area contributed by atoms with Crippen LogP contribution in [0.15, 0.2) is 85.1 Å². The highest BCUT2D eigenvalue weighted by molar-refractivity contribution is 5.98. The summed E-state index contributed by atoms with van der Waals surface area (Å²) >= 11 is 0. The molecule has 1 fully saturated rings. The molecule has 7 heteroatoms. The van der Waals surface area contributed by atoms with Crippen molar-refractivity contribution in [3.8, 4) is 0 Å². The van der Waals surface area contributed by atoms with E-state index < -0.39 is 5.82 Å². The molecule has 5 rings (SSSR count). The molecule has 200 valence electrons. The molecule has 0 atom stereocenters. The average Bonchev–Trinajstić information content (AvgIpc) is 3.37. The van der Waals surface area contributed by atoms with Crippen LogP contribution in [0.3, 0.4) is 0 Å². The summed E-state index contributed by atoms with van der Waals surface area (Å²) in [5.41, 5.74) is 5.07. The van der Waals surface area contributed by atoms with Crippen LogP contribution in [0.2, 0.25) is 0 Å². The predicted molar refractivity (Wildman–Crippen MR) is 152 cm³/mol. The Morgan fingerprint density at radius 1 is 0.872 bits per heavy atom. The van der Waals surface area contributed by atoms with E-state index in [1.165, 1.54) is 6.07 Å². The van der Waals surface area contributed by atoms with Crippen LogP contribution in [-0.2, 0) is 19.9 Å². The number of rotatable bonds is 9. The fourth-order valence-corrected chi connectivity index (χ4v) is 4.94. The molecular weight excluding hydrogens is 493 g/mol. The largest absolute Gasteiger partial charge is 0.393 e. The van der Waals surface area contributed by atoms with Crippen LogP contribution < -0.4 is 10.2 Å². The topological polar surface area (TPSA) is 74.6 Å². The summed E-state index contributed by atoms with van der Waals surface area (Å²) in [5, 5.41) is 13.0. The van der Waals surface area contributed by atoms with Crippen molar-refractivity contribution in [2.75, 3.05) is 23.3 Å². The number of Topliss-reactive ketones (excluding diaryl/α,β-unsaturated/α-hetero) is 2. The van der Waals surface area contributed by atoms with Gasteiger partial charge in [-0.05, 0) is 78.6 Å². The van der Waals surface area contributed by atoms with Crippen LogP contribution in [-0.4, -0.2) is 40.4 Å². The van der Waals surface area contributed by atoms with Gasteiger partial charge in [-0.2, -0.15) is 0 Å². The van der Waals surface area contributed by atoms with Gasteiger partial charge < -0.3 is 19.9 Å². The van der Waals surface area contributed by atoms with E-state index in [9.17, 15) is 19.1 Å². The van der Waals surface area contributed by atoms with Crippen molar-refractivity contribution >= 4 is 28.6 Å². The Morgan fingerprint density at radius 2 is 1.46 bits per heavy atom. The first-order chi connectivity index (χ1) is 18.9. The zero-order valence-electron chi connectivity index (χ0n) is 21.9. The molecule has 2 N–H and O–H groups in total. The third-order valence-corrected chi connectivity index (χ3v) is 7.23. The summed E-state index contributed by atoms with van der Waals surface area (Å²) < 4.78 is 16.6. The molecule has 1 aliphatic rings. The molecule has 3 aromatic carbocycles. The highest BCUT2D eigenvalue weighted by Gasteiger charge is 2.20. The zero-order valence-corrected chi connectivity index (χ0v) is 21.9. The number of aliphatic hydroxyl groups excluding tert-OH is 1. The van der Waals surface area contributed by atoms with Crippen LogP contribution in [0, 0.1) is 5.82 Å². The Hall–Kier alpha value is -4.23. The maximum absolute atomic E-state index is 14.8. The molecule has 0 spiro atoms. The van der Waals surface area contributed by atoms with Crippen molar-refractivity contribution in [3.05, 3.63) is 113 Å². The van der Waals surface area contributed by atoms with E-state index in [1.54, 1.807) is 12.1 Å². The molecule has 6 nitrogen and oxygen atoms in total. The van der Waals surface area contributed by atoms with E-state index in [-0.39, 0.29) is 24.1 Å². The van der Waals surface area contributed by atoms with Gasteiger partial charge in [-0.3, -0.25) is 9.59 Å². The fraction of sp³-hybridized carbons (Fsp3) is 0.250. The molecule has 2 heterocycles. The normalized spacial score (nSPS) is 13.9. The number of halogens is 1. The molecule has 4 aromatic rings. The number of aliphatic hydroxyl groups is 1. The number of nitrogens with zero attached hydrogens (tertiary/aromatic N) is 2. The number of aryl methyl sites for hydroxylation is 1. The minimum absolute atomic E-state index is 0.0785. The number of hydrogen-bond acceptors (Lipinski definition) is 5. The first kappa shape index (κ1) is 26.4. The molecule has 0 bridgehead atoms. The molecule has 0 saturated carbocycles. The van der Waals surface area contributed by atoms with Gasteiger partial charge in [-0.1, -0.05) is 24.3 Å². The van der Waals surface area contributed by atoms with Crippen molar-refractivity contribution in [2.24, 2.45) is 7.05 Å². The Bertz CT molecular complexity index is 1450. The van der Waals surface area contributed by atoms with Gasteiger partial charge in [0, 0.05) is 56.1 Å². The molecule has 1 aliphatic heterocycles. The van der Waals surface area contributed by atoms with Crippen LogP contribution in [0.4, 0.5) is 21.5 Å². The lowest BCUT2D eigenvalue weighted by atomic mass is 10.0. The van der Waals surface area contributed by atoms with Gasteiger partial charge in [0.1, 0.15) is 5.82 Å². The van der Waals surface area contributed by atoms with E-state index in [4.69, 9.17) is 0 Å². The second kappa shape index (κ2) is 11.7. The third-order valence-electron chi connectivity index (χ3n) is 7.23. The number of aromatic nitrogens is 1. The Balaban J connectivity index is 1.15. The van der Waals surface area contributed by atoms with Crippen LogP contribution in [0.25, 0.3) is 0 Å². The van der Waals surface area contributed by atoms with Gasteiger partial charge >= 0.3 is 0 Å². The first-order valence-electron chi connectivity index (χ1n) is 13.2. The third kappa shape index (κ3) is 6.44. The Morgan fingerprint density at radius 3 is 2.00 bits per heavy atom. The van der Waals surface area contributed by atoms with Crippen molar-refractivity contribution < 1.29 is 19.1 Å². The number of carbonyl (C=O) groups excluding carboxylic acids is 2. The SMILES string of the molecule is Cn1cccc1C(=O)Cc1ccc(Nc2ccc(CC(=O)c3ccc(N4CCC(O)CC4)c(F)c3)cc2)cc1. The lowest BCUT2D eigenvalue weighted by molar-refractivity contribution is 0.0980. The quantitative estimate of drug-likeness (QED) is 0.274. The van der Waals surface area contributed by atoms with Crippen molar-refractivity contribution in [3.63, 3.8) is 0 Å². The summed E-state index contributed by atoms with van der Waals surface area (Å²) in [4.78, 5) is 27.2. The van der Waals surface area contributed by atoms with E-state index >= 15 is 0 Å². The summed E-state index contributed by atoms with van der Waals surface area (Å²) in [7, 11) is 1.86. The zero-order chi connectivity index (χ0) is 27.4. The molecule has 0 aliphatic carbocycles. The number of benzene rings is 3. The highest BCUT2D eigenvalue weighted by Crippen LogP contribution is 2.25. The van der Waals surface area contributed by atoms with Crippen molar-refractivity contribution in [1.82, 2.24) is 4.57 Å². The van der Waals surface area contributed by atoms with E-state index in [0.29, 0.717) is 49.3 Å². The number of anilines is 3. The van der Waals surface area contributed by atoms with Crippen LogP contribution in [0.1, 0.15) is 44.8 Å². The molecular formula is C32H32FN3O3. The number of hydrogen-bond donors (Lipinski definition) is 2. The molecule has 0 amide bonds. The summed E-state index contributed by atoms with van der Waals surface area (Å²) in [6, 6.07) is 23.7. The molecule has 0 radical (unpaired) electrons. The number of ketones is 2. The molecule has 39 heavy (non-hydrogen) atoms. The second-order valence-electron chi connectivity index (χ2n) is 10.1. The van der Waals surface area contributed by atoms with Crippen molar-refractivity contribution in [1.29, 1.82) is 0 Å².